The Bertz CT molecular complexity index is 764. The summed E-state index contributed by atoms with van der Waals surface area (Å²) in [6, 6.07) is 5.88. The molecule has 0 atom stereocenters. The van der Waals surface area contributed by atoms with Crippen molar-refractivity contribution in [1.82, 2.24) is 9.97 Å². The SMILES string of the molecule is COc1ccc2nc(C3(CCCCC4CCCC4)CC3)c(OC)nc2c1. The number of fused-ring (bicyclic) bond motifs is 1. The number of hydrogen-bond donors (Lipinski definition) is 0. The van der Waals surface area contributed by atoms with Gasteiger partial charge < -0.3 is 9.47 Å². The number of ether oxygens (including phenoxy) is 2. The molecule has 1 heterocycles. The molecule has 4 nitrogen and oxygen atoms in total. The Balaban J connectivity index is 1.48. The van der Waals surface area contributed by atoms with Gasteiger partial charge in [-0.15, -0.1) is 0 Å². The van der Waals surface area contributed by atoms with Crippen LogP contribution in [0.4, 0.5) is 0 Å². The summed E-state index contributed by atoms with van der Waals surface area (Å²) in [4.78, 5) is 9.70. The molecule has 0 bridgehead atoms. The molecule has 140 valence electrons. The van der Waals surface area contributed by atoms with E-state index in [4.69, 9.17) is 19.4 Å². The number of aromatic nitrogens is 2. The molecule has 26 heavy (non-hydrogen) atoms. The summed E-state index contributed by atoms with van der Waals surface area (Å²) in [7, 11) is 3.38. The van der Waals surface area contributed by atoms with E-state index in [-0.39, 0.29) is 5.41 Å². The van der Waals surface area contributed by atoms with E-state index in [0.717, 1.165) is 28.4 Å². The maximum absolute atomic E-state index is 5.63. The first kappa shape index (κ1) is 17.6. The van der Waals surface area contributed by atoms with Crippen molar-refractivity contribution in [3.63, 3.8) is 0 Å². The molecule has 2 aromatic rings. The smallest absolute Gasteiger partial charge is 0.236 e. The Hall–Kier alpha value is -1.84. The third-order valence-corrected chi connectivity index (χ3v) is 6.38. The third kappa shape index (κ3) is 3.51. The van der Waals surface area contributed by atoms with Gasteiger partial charge in [0.2, 0.25) is 5.88 Å². The highest BCUT2D eigenvalue weighted by molar-refractivity contribution is 5.77. The molecular formula is C22H30N2O2. The number of unbranched alkanes of at least 4 members (excludes halogenated alkanes) is 1. The van der Waals surface area contributed by atoms with E-state index in [9.17, 15) is 0 Å². The monoisotopic (exact) mass is 354 g/mol. The van der Waals surface area contributed by atoms with Crippen molar-refractivity contribution in [3.8, 4) is 11.6 Å². The highest BCUT2D eigenvalue weighted by atomic mass is 16.5. The summed E-state index contributed by atoms with van der Waals surface area (Å²) in [5, 5.41) is 0. The molecule has 0 radical (unpaired) electrons. The summed E-state index contributed by atoms with van der Waals surface area (Å²) >= 11 is 0. The van der Waals surface area contributed by atoms with Gasteiger partial charge in [-0.2, -0.15) is 0 Å². The lowest BCUT2D eigenvalue weighted by Gasteiger charge is -2.18. The van der Waals surface area contributed by atoms with Crippen LogP contribution >= 0.6 is 0 Å². The Labute approximate surface area is 156 Å². The predicted octanol–water partition coefficient (Wildman–Crippen LogP) is 5.43. The minimum atomic E-state index is 0.197. The van der Waals surface area contributed by atoms with Crippen LogP contribution in [-0.4, -0.2) is 24.2 Å². The molecule has 0 amide bonds. The van der Waals surface area contributed by atoms with Gasteiger partial charge in [-0.05, 0) is 37.3 Å². The fourth-order valence-electron chi connectivity index (χ4n) is 4.58. The van der Waals surface area contributed by atoms with Crippen LogP contribution in [0.15, 0.2) is 18.2 Å². The first-order valence-corrected chi connectivity index (χ1v) is 10.1. The minimum Gasteiger partial charge on any atom is -0.497 e. The summed E-state index contributed by atoms with van der Waals surface area (Å²) in [6.45, 7) is 0. The van der Waals surface area contributed by atoms with Gasteiger partial charge in [-0.3, -0.25) is 0 Å². The maximum atomic E-state index is 5.63. The fraction of sp³-hybridized carbons (Fsp3) is 0.636. The van der Waals surface area contributed by atoms with Gasteiger partial charge in [0.15, 0.2) is 0 Å². The zero-order valence-corrected chi connectivity index (χ0v) is 16.1. The van der Waals surface area contributed by atoms with Gasteiger partial charge in [-0.1, -0.05) is 44.9 Å². The largest absolute Gasteiger partial charge is 0.497 e. The topological polar surface area (TPSA) is 44.2 Å². The molecule has 0 spiro atoms. The highest BCUT2D eigenvalue weighted by Crippen LogP contribution is 2.54. The van der Waals surface area contributed by atoms with Gasteiger partial charge in [0.25, 0.3) is 0 Å². The second-order valence-electron chi connectivity index (χ2n) is 8.11. The summed E-state index contributed by atoms with van der Waals surface area (Å²) < 4.78 is 10.9. The molecule has 2 saturated carbocycles. The van der Waals surface area contributed by atoms with E-state index in [1.807, 2.05) is 18.2 Å². The average Bonchev–Trinajstić information content (AvgIpc) is 3.28. The Morgan fingerprint density at radius 3 is 2.50 bits per heavy atom. The average molecular weight is 354 g/mol. The third-order valence-electron chi connectivity index (χ3n) is 6.38. The number of methoxy groups -OCH3 is 2. The molecule has 4 heteroatoms. The van der Waals surface area contributed by atoms with E-state index < -0.39 is 0 Å². The summed E-state index contributed by atoms with van der Waals surface area (Å²) in [5.41, 5.74) is 3.03. The Kier molecular flexibility index (Phi) is 5.01. The molecule has 0 N–H and O–H groups in total. The summed E-state index contributed by atoms with van der Waals surface area (Å²) in [5.74, 6) is 2.49. The Morgan fingerprint density at radius 1 is 1.00 bits per heavy atom. The van der Waals surface area contributed by atoms with Crippen molar-refractivity contribution in [2.24, 2.45) is 5.92 Å². The van der Waals surface area contributed by atoms with Crippen molar-refractivity contribution in [3.05, 3.63) is 23.9 Å². The van der Waals surface area contributed by atoms with Crippen LogP contribution in [0.1, 0.15) is 69.9 Å². The van der Waals surface area contributed by atoms with Crippen LogP contribution in [0, 0.1) is 5.92 Å². The molecule has 2 aliphatic carbocycles. The van der Waals surface area contributed by atoms with Crippen LogP contribution in [0.25, 0.3) is 11.0 Å². The Morgan fingerprint density at radius 2 is 1.81 bits per heavy atom. The van der Waals surface area contributed by atoms with E-state index in [2.05, 4.69) is 0 Å². The molecule has 2 fully saturated rings. The highest BCUT2D eigenvalue weighted by Gasteiger charge is 2.47. The minimum absolute atomic E-state index is 0.197. The normalized spacial score (nSPS) is 19.0. The number of rotatable bonds is 8. The van der Waals surface area contributed by atoms with Crippen molar-refractivity contribution in [1.29, 1.82) is 0 Å². The van der Waals surface area contributed by atoms with Crippen molar-refractivity contribution in [2.75, 3.05) is 14.2 Å². The maximum Gasteiger partial charge on any atom is 0.236 e. The molecule has 0 unspecified atom stereocenters. The van der Waals surface area contributed by atoms with Crippen LogP contribution in [-0.2, 0) is 5.41 Å². The van der Waals surface area contributed by atoms with Gasteiger partial charge in [0.1, 0.15) is 11.4 Å². The second-order valence-corrected chi connectivity index (χ2v) is 8.11. The van der Waals surface area contributed by atoms with Gasteiger partial charge in [0.05, 0.1) is 25.3 Å². The lowest BCUT2D eigenvalue weighted by atomic mass is 9.92. The molecule has 0 saturated heterocycles. The van der Waals surface area contributed by atoms with Crippen molar-refractivity contribution in [2.45, 2.75) is 69.6 Å². The molecule has 0 aliphatic heterocycles. The van der Waals surface area contributed by atoms with Crippen molar-refractivity contribution < 1.29 is 9.47 Å². The lowest BCUT2D eigenvalue weighted by Crippen LogP contribution is -2.13. The fourth-order valence-corrected chi connectivity index (χ4v) is 4.58. The second kappa shape index (κ2) is 7.42. The van der Waals surface area contributed by atoms with Crippen LogP contribution in [0.5, 0.6) is 11.6 Å². The standard InChI is InChI=1S/C22H30N2O2/c1-25-17-10-11-18-19(15-17)24-21(26-2)20(23-18)22(13-14-22)12-6-5-9-16-7-3-4-8-16/h10-11,15-16H,3-9,12-14H2,1-2H3. The quantitative estimate of drug-likeness (QED) is 0.593. The molecule has 1 aromatic heterocycles. The number of hydrogen-bond acceptors (Lipinski definition) is 4. The summed E-state index contributed by atoms with van der Waals surface area (Å²) in [6.07, 6.45) is 13.5. The zero-order valence-electron chi connectivity index (χ0n) is 16.1. The van der Waals surface area contributed by atoms with Crippen molar-refractivity contribution >= 4 is 11.0 Å². The van der Waals surface area contributed by atoms with E-state index in [1.54, 1.807) is 14.2 Å². The molecule has 1 aromatic carbocycles. The first-order chi connectivity index (χ1) is 12.7. The lowest BCUT2D eigenvalue weighted by molar-refractivity contribution is 0.378. The van der Waals surface area contributed by atoms with Crippen LogP contribution in [0.3, 0.4) is 0 Å². The van der Waals surface area contributed by atoms with Gasteiger partial charge in [-0.25, -0.2) is 9.97 Å². The first-order valence-electron chi connectivity index (χ1n) is 10.1. The van der Waals surface area contributed by atoms with Crippen LogP contribution < -0.4 is 9.47 Å². The number of benzene rings is 1. The van der Waals surface area contributed by atoms with E-state index in [0.29, 0.717) is 5.88 Å². The van der Waals surface area contributed by atoms with Gasteiger partial charge in [0, 0.05) is 11.5 Å². The van der Waals surface area contributed by atoms with Gasteiger partial charge >= 0.3 is 0 Å². The molecular weight excluding hydrogens is 324 g/mol. The van der Waals surface area contributed by atoms with Crippen LogP contribution in [0.2, 0.25) is 0 Å². The zero-order chi connectivity index (χ0) is 18.0. The van der Waals surface area contributed by atoms with E-state index in [1.165, 1.54) is 64.2 Å². The number of nitrogens with zero attached hydrogens (tertiary/aromatic N) is 2. The van der Waals surface area contributed by atoms with E-state index >= 15 is 0 Å². The predicted molar refractivity (Wildman–Crippen MR) is 104 cm³/mol. The molecule has 4 rings (SSSR count). The molecule has 2 aliphatic rings.